The second kappa shape index (κ2) is 6.47. The summed E-state index contributed by atoms with van der Waals surface area (Å²) in [7, 11) is 0. The Kier molecular flexibility index (Phi) is 4.57. The Morgan fingerprint density at radius 2 is 2.22 bits per heavy atom. The molecular formula is C16H20ClN3O3. The molecule has 124 valence electrons. The summed E-state index contributed by atoms with van der Waals surface area (Å²) in [4.78, 5) is 16.9. The normalized spacial score (nSPS) is 24.2. The lowest BCUT2D eigenvalue weighted by Crippen LogP contribution is -2.53. The average molecular weight is 338 g/mol. The van der Waals surface area contributed by atoms with Crippen LogP contribution in [0.4, 0.5) is 5.69 Å². The van der Waals surface area contributed by atoms with Gasteiger partial charge < -0.3 is 19.8 Å². The molecule has 1 amide bonds. The number of fused-ring (bicyclic) bond motifs is 1. The van der Waals surface area contributed by atoms with Crippen LogP contribution in [0.3, 0.4) is 0 Å². The zero-order valence-corrected chi connectivity index (χ0v) is 13.7. The first kappa shape index (κ1) is 16.2. The molecule has 2 aromatic rings. The Hall–Kier alpha value is -1.63. The van der Waals surface area contributed by atoms with Crippen LogP contribution >= 0.6 is 12.4 Å². The molecule has 1 saturated heterocycles. The van der Waals surface area contributed by atoms with Gasteiger partial charge in [0.25, 0.3) is 0 Å². The minimum Gasteiger partial charge on any atom is -0.440 e. The zero-order valence-electron chi connectivity index (χ0n) is 12.9. The fourth-order valence-electron chi connectivity index (χ4n) is 2.78. The SMILES string of the molecule is C[C@H]1OCCN[C@@H]1C(=O)Nc1ccc2oc(C3CC3)nc2c1.Cl. The van der Waals surface area contributed by atoms with E-state index in [-0.39, 0.29) is 30.5 Å². The first-order chi connectivity index (χ1) is 10.7. The van der Waals surface area contributed by atoms with Gasteiger partial charge in [0, 0.05) is 18.2 Å². The quantitative estimate of drug-likeness (QED) is 0.899. The molecule has 0 spiro atoms. The maximum atomic E-state index is 12.3. The third-order valence-electron chi connectivity index (χ3n) is 4.20. The topological polar surface area (TPSA) is 76.4 Å². The molecule has 23 heavy (non-hydrogen) atoms. The van der Waals surface area contributed by atoms with E-state index < -0.39 is 0 Å². The summed E-state index contributed by atoms with van der Waals surface area (Å²) in [5.74, 6) is 1.21. The number of hydrogen-bond acceptors (Lipinski definition) is 5. The summed E-state index contributed by atoms with van der Waals surface area (Å²) in [6.45, 7) is 3.23. The Morgan fingerprint density at radius 1 is 1.39 bits per heavy atom. The molecule has 1 aliphatic carbocycles. The molecule has 2 atom stereocenters. The minimum atomic E-state index is -0.330. The number of carbonyl (C=O) groups is 1. The highest BCUT2D eigenvalue weighted by atomic mass is 35.5. The molecule has 7 heteroatoms. The van der Waals surface area contributed by atoms with Crippen molar-refractivity contribution in [3.8, 4) is 0 Å². The summed E-state index contributed by atoms with van der Waals surface area (Å²) in [5.41, 5.74) is 2.29. The molecule has 0 unspecified atom stereocenters. The fourth-order valence-corrected chi connectivity index (χ4v) is 2.78. The van der Waals surface area contributed by atoms with E-state index in [0.717, 1.165) is 35.5 Å². The van der Waals surface area contributed by atoms with Crippen molar-refractivity contribution < 1.29 is 13.9 Å². The fraction of sp³-hybridized carbons (Fsp3) is 0.500. The lowest BCUT2D eigenvalue weighted by Gasteiger charge is -2.29. The van der Waals surface area contributed by atoms with Gasteiger partial charge in [0.15, 0.2) is 11.5 Å². The maximum absolute atomic E-state index is 12.3. The largest absolute Gasteiger partial charge is 0.440 e. The number of benzene rings is 1. The number of nitrogens with zero attached hydrogens (tertiary/aromatic N) is 1. The molecule has 2 fully saturated rings. The molecule has 4 rings (SSSR count). The van der Waals surface area contributed by atoms with Crippen molar-refractivity contribution in [2.45, 2.75) is 37.8 Å². The van der Waals surface area contributed by atoms with E-state index in [1.165, 1.54) is 0 Å². The van der Waals surface area contributed by atoms with Crippen LogP contribution in [0.5, 0.6) is 0 Å². The van der Waals surface area contributed by atoms with E-state index in [9.17, 15) is 4.79 Å². The predicted octanol–water partition coefficient (Wildman–Crippen LogP) is 2.44. The van der Waals surface area contributed by atoms with E-state index in [1.807, 2.05) is 25.1 Å². The molecule has 1 aromatic heterocycles. The Morgan fingerprint density at radius 3 is 2.96 bits per heavy atom. The van der Waals surface area contributed by atoms with Crippen LogP contribution in [-0.2, 0) is 9.53 Å². The van der Waals surface area contributed by atoms with E-state index >= 15 is 0 Å². The van der Waals surface area contributed by atoms with Gasteiger partial charge in [-0.3, -0.25) is 4.79 Å². The number of oxazole rings is 1. The average Bonchev–Trinajstić information content (AvgIpc) is 3.27. The number of aromatic nitrogens is 1. The number of carbonyl (C=O) groups excluding carboxylic acids is 1. The highest BCUT2D eigenvalue weighted by Gasteiger charge is 2.30. The molecule has 1 aromatic carbocycles. The molecular weight excluding hydrogens is 318 g/mol. The van der Waals surface area contributed by atoms with Crippen LogP contribution in [0.15, 0.2) is 22.6 Å². The van der Waals surface area contributed by atoms with Gasteiger partial charge in [-0.1, -0.05) is 0 Å². The number of rotatable bonds is 3. The lowest BCUT2D eigenvalue weighted by molar-refractivity contribution is -0.123. The molecule has 0 radical (unpaired) electrons. The zero-order chi connectivity index (χ0) is 15.1. The maximum Gasteiger partial charge on any atom is 0.244 e. The molecule has 2 aliphatic rings. The number of hydrogen-bond donors (Lipinski definition) is 2. The number of halogens is 1. The van der Waals surface area contributed by atoms with Gasteiger partial charge in [-0.2, -0.15) is 0 Å². The number of morpholine rings is 1. The third kappa shape index (κ3) is 3.34. The first-order valence-corrected chi connectivity index (χ1v) is 7.77. The van der Waals surface area contributed by atoms with Crippen molar-refractivity contribution >= 4 is 35.1 Å². The number of nitrogens with one attached hydrogen (secondary N) is 2. The third-order valence-corrected chi connectivity index (χ3v) is 4.20. The van der Waals surface area contributed by atoms with Crippen molar-refractivity contribution in [2.75, 3.05) is 18.5 Å². The van der Waals surface area contributed by atoms with Gasteiger partial charge in [-0.15, -0.1) is 12.4 Å². The summed E-state index contributed by atoms with van der Waals surface area (Å²) >= 11 is 0. The highest BCUT2D eigenvalue weighted by Crippen LogP contribution is 2.40. The molecule has 2 heterocycles. The van der Waals surface area contributed by atoms with Crippen molar-refractivity contribution in [1.29, 1.82) is 0 Å². The van der Waals surface area contributed by atoms with Crippen LogP contribution in [0.2, 0.25) is 0 Å². The van der Waals surface area contributed by atoms with Crippen LogP contribution < -0.4 is 10.6 Å². The van der Waals surface area contributed by atoms with Crippen molar-refractivity contribution in [1.82, 2.24) is 10.3 Å². The number of ether oxygens (including phenoxy) is 1. The first-order valence-electron chi connectivity index (χ1n) is 7.77. The van der Waals surface area contributed by atoms with Gasteiger partial charge in [-0.25, -0.2) is 4.98 Å². The summed E-state index contributed by atoms with van der Waals surface area (Å²) in [5, 5.41) is 6.11. The molecule has 1 aliphatic heterocycles. The van der Waals surface area contributed by atoms with Crippen LogP contribution in [0.1, 0.15) is 31.6 Å². The Labute approximate surface area is 140 Å². The molecule has 0 bridgehead atoms. The second-order valence-corrected chi connectivity index (χ2v) is 6.01. The monoisotopic (exact) mass is 337 g/mol. The van der Waals surface area contributed by atoms with Gasteiger partial charge in [-0.05, 0) is 38.0 Å². The Balaban J connectivity index is 0.00000156. The van der Waals surface area contributed by atoms with E-state index in [1.54, 1.807) is 0 Å². The standard InChI is InChI=1S/C16H19N3O3.ClH/c1-9-14(17-6-7-21-9)15(20)18-11-4-5-13-12(8-11)19-16(22-13)10-2-3-10;/h4-5,8-10,14,17H,2-3,6-7H2,1H3,(H,18,20);1H/t9-,14+;/m1./s1. The van der Waals surface area contributed by atoms with Gasteiger partial charge >= 0.3 is 0 Å². The lowest BCUT2D eigenvalue weighted by atomic mass is 10.1. The molecule has 1 saturated carbocycles. The van der Waals surface area contributed by atoms with E-state index in [4.69, 9.17) is 9.15 Å². The van der Waals surface area contributed by atoms with Gasteiger partial charge in [0.1, 0.15) is 11.6 Å². The van der Waals surface area contributed by atoms with Crippen LogP contribution in [0.25, 0.3) is 11.1 Å². The van der Waals surface area contributed by atoms with E-state index in [0.29, 0.717) is 19.1 Å². The summed E-state index contributed by atoms with van der Waals surface area (Å²) in [6.07, 6.45) is 2.18. The molecule has 6 nitrogen and oxygen atoms in total. The van der Waals surface area contributed by atoms with E-state index in [2.05, 4.69) is 15.6 Å². The smallest absolute Gasteiger partial charge is 0.244 e. The predicted molar refractivity (Wildman–Crippen MR) is 89.1 cm³/mol. The second-order valence-electron chi connectivity index (χ2n) is 6.01. The van der Waals surface area contributed by atoms with Gasteiger partial charge in [0.05, 0.1) is 12.7 Å². The summed E-state index contributed by atoms with van der Waals surface area (Å²) < 4.78 is 11.2. The van der Waals surface area contributed by atoms with Crippen LogP contribution in [0, 0.1) is 0 Å². The van der Waals surface area contributed by atoms with Crippen molar-refractivity contribution in [3.63, 3.8) is 0 Å². The summed E-state index contributed by atoms with van der Waals surface area (Å²) in [6, 6.07) is 5.23. The molecule has 2 N–H and O–H groups in total. The van der Waals surface area contributed by atoms with Crippen LogP contribution in [-0.4, -0.2) is 36.2 Å². The van der Waals surface area contributed by atoms with Gasteiger partial charge in [0.2, 0.25) is 5.91 Å². The number of amides is 1. The highest BCUT2D eigenvalue weighted by molar-refractivity contribution is 5.96. The van der Waals surface area contributed by atoms with Crippen molar-refractivity contribution in [2.24, 2.45) is 0 Å². The Bertz CT molecular complexity index is 714. The minimum absolute atomic E-state index is 0. The number of anilines is 1. The van der Waals surface area contributed by atoms with Crippen molar-refractivity contribution in [3.05, 3.63) is 24.1 Å².